The van der Waals surface area contributed by atoms with Crippen LogP contribution in [0.15, 0.2) is 30.3 Å². The van der Waals surface area contributed by atoms with Crippen LogP contribution in [-0.2, 0) is 20.2 Å². The molecule has 1 heterocycles. The number of piperidine rings is 1. The third-order valence-electron chi connectivity index (χ3n) is 4.38. The van der Waals surface area contributed by atoms with E-state index in [4.69, 9.17) is 15.4 Å². The fraction of sp³-hybridized carbons (Fsp3) is 0.611. The van der Waals surface area contributed by atoms with Crippen molar-refractivity contribution in [2.24, 2.45) is 5.41 Å². The normalized spacial score (nSPS) is 18.0. The summed E-state index contributed by atoms with van der Waals surface area (Å²) in [6, 6.07) is 9.79. The largest absolute Gasteiger partial charge is 0.444 e. The molecule has 0 N–H and O–H groups in total. The van der Waals surface area contributed by atoms with E-state index in [1.54, 1.807) is 4.90 Å². The van der Waals surface area contributed by atoms with Gasteiger partial charge in [-0.25, -0.2) is 13.2 Å². The molecule has 1 saturated heterocycles. The first-order chi connectivity index (χ1) is 11.5. The van der Waals surface area contributed by atoms with Gasteiger partial charge in [0, 0.05) is 23.8 Å². The number of ether oxygens (including phenoxy) is 1. The molecule has 0 atom stereocenters. The molecule has 1 aromatic carbocycles. The predicted molar refractivity (Wildman–Crippen MR) is 99.3 cm³/mol. The number of rotatable bonds is 4. The van der Waals surface area contributed by atoms with Crippen LogP contribution in [0.3, 0.4) is 0 Å². The molecule has 1 aromatic rings. The number of benzene rings is 1. The van der Waals surface area contributed by atoms with Gasteiger partial charge in [0.05, 0.1) is 5.75 Å². The van der Waals surface area contributed by atoms with Gasteiger partial charge in [-0.05, 0) is 51.0 Å². The van der Waals surface area contributed by atoms with Crippen molar-refractivity contribution in [2.45, 2.75) is 45.6 Å². The van der Waals surface area contributed by atoms with Gasteiger partial charge in [0.15, 0.2) is 0 Å². The Labute approximate surface area is 154 Å². The zero-order valence-corrected chi connectivity index (χ0v) is 16.6. The number of carbonyl (C=O) groups excluding carboxylic acids is 1. The number of hydrogen-bond donors (Lipinski definition) is 0. The molecule has 0 unspecified atom stereocenters. The van der Waals surface area contributed by atoms with Crippen LogP contribution in [0.2, 0.25) is 0 Å². The van der Waals surface area contributed by atoms with Crippen molar-refractivity contribution in [3.8, 4) is 0 Å². The van der Waals surface area contributed by atoms with Gasteiger partial charge >= 0.3 is 6.09 Å². The van der Waals surface area contributed by atoms with Crippen LogP contribution in [-0.4, -0.2) is 43.9 Å². The lowest BCUT2D eigenvalue weighted by molar-refractivity contribution is 0.0123. The van der Waals surface area contributed by atoms with E-state index in [0.717, 1.165) is 5.56 Å². The summed E-state index contributed by atoms with van der Waals surface area (Å²) in [5, 5.41) is 0. The number of carbonyl (C=O) groups is 1. The lowest BCUT2D eigenvalue weighted by Gasteiger charge is -2.41. The Hall–Kier alpha value is -1.27. The molecule has 1 aliphatic heterocycles. The SMILES string of the molecule is CC(C)(C)OC(=O)N1CCC(Cc2ccccc2)(CS(=O)(=O)Cl)CC1. The van der Waals surface area contributed by atoms with Gasteiger partial charge in [0.25, 0.3) is 0 Å². The van der Waals surface area contributed by atoms with Crippen molar-refractivity contribution < 1.29 is 17.9 Å². The molecule has 1 amide bonds. The summed E-state index contributed by atoms with van der Waals surface area (Å²) in [5.74, 6) is -0.0847. The Morgan fingerprint density at radius 1 is 1.20 bits per heavy atom. The quantitative estimate of drug-likeness (QED) is 0.737. The minimum Gasteiger partial charge on any atom is -0.444 e. The Kier molecular flexibility index (Phi) is 6.05. The molecule has 5 nitrogen and oxygen atoms in total. The standard InChI is InChI=1S/C18H26ClNO4S/c1-17(2,3)24-16(21)20-11-9-18(10-12-20,14-25(19,22)23)13-15-7-5-4-6-8-15/h4-8H,9-14H2,1-3H3. The first-order valence-electron chi connectivity index (χ1n) is 8.42. The number of halogens is 1. The highest BCUT2D eigenvalue weighted by atomic mass is 35.7. The molecule has 0 aliphatic carbocycles. The highest BCUT2D eigenvalue weighted by Gasteiger charge is 2.40. The molecule has 7 heteroatoms. The number of nitrogens with zero attached hydrogens (tertiary/aromatic N) is 1. The maximum absolute atomic E-state index is 12.2. The maximum atomic E-state index is 12.2. The third-order valence-corrected chi connectivity index (χ3v) is 5.66. The van der Waals surface area contributed by atoms with E-state index in [-0.39, 0.29) is 11.8 Å². The van der Waals surface area contributed by atoms with Gasteiger partial charge < -0.3 is 9.64 Å². The van der Waals surface area contributed by atoms with Crippen molar-refractivity contribution in [3.05, 3.63) is 35.9 Å². The number of hydrogen-bond acceptors (Lipinski definition) is 4. The van der Waals surface area contributed by atoms with E-state index < -0.39 is 20.1 Å². The monoisotopic (exact) mass is 387 g/mol. The minimum atomic E-state index is -3.63. The van der Waals surface area contributed by atoms with E-state index in [1.165, 1.54) is 0 Å². The van der Waals surface area contributed by atoms with Crippen LogP contribution < -0.4 is 0 Å². The van der Waals surface area contributed by atoms with Gasteiger partial charge in [-0.3, -0.25) is 0 Å². The molecular formula is C18H26ClNO4S. The summed E-state index contributed by atoms with van der Waals surface area (Å²) in [4.78, 5) is 13.9. The Bertz CT molecular complexity index is 690. The first-order valence-corrected chi connectivity index (χ1v) is 10.9. The summed E-state index contributed by atoms with van der Waals surface area (Å²) in [5.41, 5.74) is 0.0730. The number of likely N-dealkylation sites (tertiary alicyclic amines) is 1. The van der Waals surface area contributed by atoms with Gasteiger partial charge in [0.1, 0.15) is 5.60 Å². The molecule has 0 saturated carbocycles. The molecule has 1 fully saturated rings. The van der Waals surface area contributed by atoms with Crippen molar-refractivity contribution in [1.82, 2.24) is 4.90 Å². The fourth-order valence-electron chi connectivity index (χ4n) is 3.26. The van der Waals surface area contributed by atoms with Gasteiger partial charge in [-0.1, -0.05) is 30.3 Å². The Morgan fingerprint density at radius 3 is 2.24 bits per heavy atom. The molecule has 1 aliphatic rings. The molecule has 0 radical (unpaired) electrons. The average Bonchev–Trinajstić information content (AvgIpc) is 2.45. The van der Waals surface area contributed by atoms with E-state index in [0.29, 0.717) is 32.4 Å². The summed E-state index contributed by atoms with van der Waals surface area (Å²) < 4.78 is 28.9. The number of amides is 1. The summed E-state index contributed by atoms with van der Waals surface area (Å²) in [7, 11) is 1.94. The van der Waals surface area contributed by atoms with Crippen molar-refractivity contribution in [3.63, 3.8) is 0 Å². The van der Waals surface area contributed by atoms with Crippen LogP contribution in [0.4, 0.5) is 4.79 Å². The zero-order chi connectivity index (χ0) is 18.7. The summed E-state index contributed by atoms with van der Waals surface area (Å²) in [6.07, 6.45) is 1.43. The highest BCUT2D eigenvalue weighted by molar-refractivity contribution is 8.13. The van der Waals surface area contributed by atoms with E-state index >= 15 is 0 Å². The van der Waals surface area contributed by atoms with Crippen LogP contribution in [0.5, 0.6) is 0 Å². The van der Waals surface area contributed by atoms with Crippen molar-refractivity contribution in [1.29, 1.82) is 0 Å². The lowest BCUT2D eigenvalue weighted by atomic mass is 9.75. The smallest absolute Gasteiger partial charge is 0.410 e. The van der Waals surface area contributed by atoms with E-state index in [2.05, 4.69) is 0 Å². The first kappa shape index (κ1) is 20.0. The molecule has 0 spiro atoms. The summed E-state index contributed by atoms with van der Waals surface area (Å²) >= 11 is 0. The second-order valence-corrected chi connectivity index (χ2v) is 10.6. The molecule has 0 bridgehead atoms. The van der Waals surface area contributed by atoms with Gasteiger partial charge in [-0.15, -0.1) is 0 Å². The summed E-state index contributed by atoms with van der Waals surface area (Å²) in [6.45, 7) is 6.42. The lowest BCUT2D eigenvalue weighted by Crippen LogP contribution is -2.47. The minimum absolute atomic E-state index is 0.0847. The molecule has 140 valence electrons. The highest BCUT2D eigenvalue weighted by Crippen LogP contribution is 2.37. The van der Waals surface area contributed by atoms with Crippen LogP contribution in [0.25, 0.3) is 0 Å². The fourth-order valence-corrected chi connectivity index (χ4v) is 5.07. The zero-order valence-electron chi connectivity index (χ0n) is 15.0. The van der Waals surface area contributed by atoms with Crippen LogP contribution in [0, 0.1) is 5.41 Å². The Balaban J connectivity index is 2.11. The molecule has 0 aromatic heterocycles. The third kappa shape index (κ3) is 6.51. The van der Waals surface area contributed by atoms with E-state index in [1.807, 2.05) is 51.1 Å². The van der Waals surface area contributed by atoms with Gasteiger partial charge in [0.2, 0.25) is 9.05 Å². The van der Waals surface area contributed by atoms with Gasteiger partial charge in [-0.2, -0.15) is 0 Å². The Morgan fingerprint density at radius 2 is 1.76 bits per heavy atom. The van der Waals surface area contributed by atoms with Crippen LogP contribution >= 0.6 is 10.7 Å². The van der Waals surface area contributed by atoms with Crippen LogP contribution in [0.1, 0.15) is 39.2 Å². The average molecular weight is 388 g/mol. The topological polar surface area (TPSA) is 63.7 Å². The molecule has 2 rings (SSSR count). The molecule has 25 heavy (non-hydrogen) atoms. The molecular weight excluding hydrogens is 362 g/mol. The van der Waals surface area contributed by atoms with Crippen molar-refractivity contribution >= 4 is 25.8 Å². The maximum Gasteiger partial charge on any atom is 0.410 e. The second kappa shape index (κ2) is 7.54. The predicted octanol–water partition coefficient (Wildman–Crippen LogP) is 3.82. The van der Waals surface area contributed by atoms with Crippen molar-refractivity contribution in [2.75, 3.05) is 18.8 Å². The second-order valence-electron chi connectivity index (χ2n) is 7.81. The van der Waals surface area contributed by atoms with E-state index in [9.17, 15) is 13.2 Å².